The summed E-state index contributed by atoms with van der Waals surface area (Å²) in [6.07, 6.45) is 0. The molecule has 0 amide bonds. The number of rotatable bonds is 3. The monoisotopic (exact) mass is 424 g/mol. The SMILES string of the molecule is O=C(O)c1cc(-c2cc(C(=O)O)c3ccccc3n2)nc2ccccc12.[KH].[KH]. The molecule has 4 rings (SSSR count). The van der Waals surface area contributed by atoms with Crippen LogP contribution in [0.2, 0.25) is 0 Å². The van der Waals surface area contributed by atoms with Gasteiger partial charge in [-0.25, -0.2) is 19.6 Å². The standard InChI is InChI=1S/C20H12N2O4.2K.2H/c23-19(24)13-9-17(21-15-7-3-1-5-11(13)15)18-10-14(20(25)26)12-6-2-4-8-16(12)22-18;;;;/h1-10H,(H,23,24)(H,25,26);;;;. The van der Waals surface area contributed by atoms with Crippen molar-refractivity contribution in [2.75, 3.05) is 0 Å². The Balaban J connectivity index is 0.00000140. The van der Waals surface area contributed by atoms with Gasteiger partial charge in [0.1, 0.15) is 0 Å². The van der Waals surface area contributed by atoms with Crippen LogP contribution in [0.4, 0.5) is 0 Å². The molecule has 8 heteroatoms. The van der Waals surface area contributed by atoms with Crippen molar-refractivity contribution in [3.63, 3.8) is 0 Å². The molecule has 130 valence electrons. The topological polar surface area (TPSA) is 100 Å². The summed E-state index contributed by atoms with van der Waals surface area (Å²) in [4.78, 5) is 32.2. The molecule has 0 aliphatic carbocycles. The van der Waals surface area contributed by atoms with Gasteiger partial charge in [-0.05, 0) is 24.3 Å². The van der Waals surface area contributed by atoms with E-state index in [2.05, 4.69) is 9.97 Å². The van der Waals surface area contributed by atoms with Gasteiger partial charge in [-0.1, -0.05) is 36.4 Å². The Kier molecular flexibility index (Phi) is 8.47. The van der Waals surface area contributed by atoms with E-state index in [4.69, 9.17) is 0 Å². The van der Waals surface area contributed by atoms with Gasteiger partial charge < -0.3 is 10.2 Å². The minimum absolute atomic E-state index is 0. The summed E-state index contributed by atoms with van der Waals surface area (Å²) in [7, 11) is 0. The molecule has 0 unspecified atom stereocenters. The van der Waals surface area contributed by atoms with Crippen LogP contribution in [0.1, 0.15) is 20.7 Å². The quantitative estimate of drug-likeness (QED) is 0.490. The molecule has 0 spiro atoms. The molecule has 2 heterocycles. The third-order valence-corrected chi connectivity index (χ3v) is 4.16. The average molecular weight is 425 g/mol. The van der Waals surface area contributed by atoms with Gasteiger partial charge in [0.25, 0.3) is 0 Å². The molecule has 0 aliphatic rings. The number of carbonyl (C=O) groups is 2. The second-order valence-corrected chi connectivity index (χ2v) is 5.75. The fourth-order valence-corrected chi connectivity index (χ4v) is 2.97. The normalized spacial score (nSPS) is 10.1. The molecule has 4 aromatic rings. The molecule has 2 aromatic heterocycles. The van der Waals surface area contributed by atoms with E-state index >= 15 is 0 Å². The summed E-state index contributed by atoms with van der Waals surface area (Å²) < 4.78 is 0. The first-order valence-electron chi connectivity index (χ1n) is 7.81. The molecule has 0 radical (unpaired) electrons. The van der Waals surface area contributed by atoms with E-state index in [1.807, 2.05) is 0 Å². The van der Waals surface area contributed by atoms with E-state index in [0.717, 1.165) is 0 Å². The van der Waals surface area contributed by atoms with Crippen LogP contribution in [0.3, 0.4) is 0 Å². The van der Waals surface area contributed by atoms with Gasteiger partial charge in [0.2, 0.25) is 0 Å². The number of carboxylic acids is 2. The fourth-order valence-electron chi connectivity index (χ4n) is 2.97. The van der Waals surface area contributed by atoms with Gasteiger partial charge in [0.15, 0.2) is 0 Å². The molecule has 2 aromatic carbocycles. The average Bonchev–Trinajstić information content (AvgIpc) is 2.66. The number of para-hydroxylation sites is 2. The molecule has 0 fully saturated rings. The molecule has 0 saturated heterocycles. The Morgan fingerprint density at radius 2 is 1.00 bits per heavy atom. The first-order valence-corrected chi connectivity index (χ1v) is 7.81. The van der Waals surface area contributed by atoms with E-state index in [0.29, 0.717) is 33.2 Å². The zero-order valence-corrected chi connectivity index (χ0v) is 13.4. The molecular weight excluding hydrogens is 410 g/mol. The fraction of sp³-hybridized carbons (Fsp3) is 0. The van der Waals surface area contributed by atoms with Crippen LogP contribution in [0.15, 0.2) is 60.7 Å². The van der Waals surface area contributed by atoms with E-state index in [1.165, 1.54) is 12.1 Å². The van der Waals surface area contributed by atoms with Crippen molar-refractivity contribution in [3.8, 4) is 11.4 Å². The molecule has 6 nitrogen and oxygen atoms in total. The van der Waals surface area contributed by atoms with Crippen LogP contribution < -0.4 is 0 Å². The van der Waals surface area contributed by atoms with Gasteiger partial charge >= 0.3 is 115 Å². The van der Waals surface area contributed by atoms with Crippen LogP contribution in [0.5, 0.6) is 0 Å². The second-order valence-electron chi connectivity index (χ2n) is 5.75. The number of benzene rings is 2. The minimum atomic E-state index is -1.08. The predicted molar refractivity (Wildman–Crippen MR) is 111 cm³/mol. The van der Waals surface area contributed by atoms with Crippen molar-refractivity contribution < 1.29 is 19.8 Å². The summed E-state index contributed by atoms with van der Waals surface area (Å²) in [5.41, 5.74) is 1.84. The Labute approximate surface area is 245 Å². The van der Waals surface area contributed by atoms with Gasteiger partial charge in [0, 0.05) is 10.8 Å². The second kappa shape index (κ2) is 9.99. The van der Waals surface area contributed by atoms with Gasteiger partial charge in [-0.15, -0.1) is 0 Å². The van der Waals surface area contributed by atoms with Crippen molar-refractivity contribution in [2.45, 2.75) is 0 Å². The van der Waals surface area contributed by atoms with E-state index in [-0.39, 0.29) is 114 Å². The number of nitrogens with zero attached hydrogens (tertiary/aromatic N) is 2. The molecular formula is C20H14K2N2O4. The van der Waals surface area contributed by atoms with Crippen LogP contribution in [-0.2, 0) is 0 Å². The van der Waals surface area contributed by atoms with Gasteiger partial charge in [0.05, 0.1) is 33.5 Å². The van der Waals surface area contributed by atoms with Crippen molar-refractivity contribution >= 4 is 137 Å². The Bertz CT molecular complexity index is 1120. The van der Waals surface area contributed by atoms with Gasteiger partial charge in [-0.3, -0.25) is 0 Å². The third kappa shape index (κ3) is 4.62. The van der Waals surface area contributed by atoms with Crippen LogP contribution in [0.25, 0.3) is 33.2 Å². The van der Waals surface area contributed by atoms with Crippen LogP contribution in [0, 0.1) is 0 Å². The number of fused-ring (bicyclic) bond motifs is 2. The zero-order valence-electron chi connectivity index (χ0n) is 13.4. The maximum absolute atomic E-state index is 11.6. The zero-order chi connectivity index (χ0) is 18.3. The summed E-state index contributed by atoms with van der Waals surface area (Å²) in [5.74, 6) is -2.16. The van der Waals surface area contributed by atoms with Crippen LogP contribution >= 0.6 is 0 Å². The van der Waals surface area contributed by atoms with Crippen LogP contribution in [-0.4, -0.2) is 135 Å². The predicted octanol–water partition coefficient (Wildman–Crippen LogP) is 2.55. The number of aromatic carboxylic acids is 2. The Morgan fingerprint density at radius 1 is 0.643 bits per heavy atom. The summed E-state index contributed by atoms with van der Waals surface area (Å²) in [5, 5.41) is 20.1. The third-order valence-electron chi connectivity index (χ3n) is 4.16. The van der Waals surface area contributed by atoms with Crippen molar-refractivity contribution in [1.29, 1.82) is 0 Å². The Hall–Kier alpha value is -0.527. The van der Waals surface area contributed by atoms with Crippen molar-refractivity contribution in [2.24, 2.45) is 0 Å². The molecule has 0 aliphatic heterocycles. The summed E-state index contributed by atoms with van der Waals surface area (Å²) in [6.45, 7) is 0. The first-order chi connectivity index (χ1) is 12.5. The molecule has 28 heavy (non-hydrogen) atoms. The number of hydrogen-bond donors (Lipinski definition) is 2. The Morgan fingerprint density at radius 3 is 1.36 bits per heavy atom. The molecule has 2 N–H and O–H groups in total. The first kappa shape index (κ1) is 23.7. The summed E-state index contributed by atoms with van der Waals surface area (Å²) >= 11 is 0. The van der Waals surface area contributed by atoms with Crippen molar-refractivity contribution in [3.05, 3.63) is 71.8 Å². The number of aromatic nitrogens is 2. The molecule has 0 saturated carbocycles. The summed E-state index contributed by atoms with van der Waals surface area (Å²) in [6, 6.07) is 16.7. The van der Waals surface area contributed by atoms with E-state index in [9.17, 15) is 19.8 Å². The van der Waals surface area contributed by atoms with E-state index in [1.54, 1.807) is 48.5 Å². The van der Waals surface area contributed by atoms with E-state index < -0.39 is 11.9 Å². The number of carboxylic acid groups (broad SMARTS) is 2. The maximum atomic E-state index is 11.6. The van der Waals surface area contributed by atoms with Crippen molar-refractivity contribution in [1.82, 2.24) is 9.97 Å². The molecule has 0 atom stereocenters. The van der Waals surface area contributed by atoms with Gasteiger partial charge in [-0.2, -0.15) is 0 Å². The molecule has 0 bridgehead atoms. The number of pyridine rings is 2. The number of hydrogen-bond acceptors (Lipinski definition) is 4.